The van der Waals surface area contributed by atoms with E-state index in [-0.39, 0.29) is 0 Å². The molecule has 18 heavy (non-hydrogen) atoms. The van der Waals surface area contributed by atoms with Crippen molar-refractivity contribution < 1.29 is 9.47 Å². The van der Waals surface area contributed by atoms with Gasteiger partial charge in [0.05, 0.1) is 6.61 Å². The van der Waals surface area contributed by atoms with E-state index < -0.39 is 0 Å². The minimum Gasteiger partial charge on any atom is -0.490 e. The van der Waals surface area contributed by atoms with Crippen molar-refractivity contribution in [2.24, 2.45) is 0 Å². The van der Waals surface area contributed by atoms with Crippen molar-refractivity contribution in [3.05, 3.63) is 42.5 Å². The van der Waals surface area contributed by atoms with Crippen molar-refractivity contribution in [2.45, 2.75) is 6.92 Å². The Balaban J connectivity index is 2.22. The highest BCUT2D eigenvalue weighted by Gasteiger charge is 2.06. The van der Waals surface area contributed by atoms with E-state index in [0.29, 0.717) is 18.2 Å². The van der Waals surface area contributed by atoms with Crippen LogP contribution in [-0.2, 0) is 0 Å². The Morgan fingerprint density at radius 2 is 1.83 bits per heavy atom. The summed E-state index contributed by atoms with van der Waals surface area (Å²) in [6.07, 6.45) is 0. The highest BCUT2D eigenvalue weighted by atomic mass is 16.5. The van der Waals surface area contributed by atoms with Crippen LogP contribution < -0.4 is 14.8 Å². The molecule has 1 heterocycles. The summed E-state index contributed by atoms with van der Waals surface area (Å²) < 4.78 is 11.2. The van der Waals surface area contributed by atoms with Crippen LogP contribution in [0.2, 0.25) is 0 Å². The predicted molar refractivity (Wildman–Crippen MR) is 71.5 cm³/mol. The van der Waals surface area contributed by atoms with E-state index in [0.717, 1.165) is 11.6 Å². The number of nitrogens with one attached hydrogen (secondary N) is 1. The summed E-state index contributed by atoms with van der Waals surface area (Å²) in [6.45, 7) is 2.54. The molecule has 94 valence electrons. The predicted octanol–water partition coefficient (Wildman–Crippen LogP) is 3.31. The fraction of sp³-hybridized carbons (Fsp3) is 0.214. The summed E-state index contributed by atoms with van der Waals surface area (Å²) >= 11 is 0. The van der Waals surface area contributed by atoms with Crippen LogP contribution in [-0.4, -0.2) is 18.6 Å². The number of anilines is 1. The first-order chi connectivity index (χ1) is 8.83. The Morgan fingerprint density at radius 3 is 2.56 bits per heavy atom. The smallest absolute Gasteiger partial charge is 0.221 e. The van der Waals surface area contributed by atoms with Crippen molar-refractivity contribution in [2.75, 3.05) is 19.0 Å². The Kier molecular flexibility index (Phi) is 4.02. The Hall–Kier alpha value is -2.23. The number of rotatable bonds is 5. The molecule has 2 rings (SSSR count). The number of aromatic nitrogens is 1. The number of pyridine rings is 1. The quantitative estimate of drug-likeness (QED) is 0.876. The van der Waals surface area contributed by atoms with Crippen LogP contribution in [0.3, 0.4) is 0 Å². The lowest BCUT2D eigenvalue weighted by molar-refractivity contribution is 0.319. The van der Waals surface area contributed by atoms with Crippen molar-refractivity contribution in [1.82, 2.24) is 4.98 Å². The van der Waals surface area contributed by atoms with Crippen LogP contribution in [0.1, 0.15) is 6.92 Å². The third-order valence-corrected chi connectivity index (χ3v) is 2.34. The van der Waals surface area contributed by atoms with Gasteiger partial charge < -0.3 is 14.8 Å². The van der Waals surface area contributed by atoms with Crippen LogP contribution in [0.4, 0.5) is 5.82 Å². The van der Waals surface area contributed by atoms with Gasteiger partial charge in [-0.15, -0.1) is 0 Å². The normalized spacial score (nSPS) is 9.89. The molecule has 1 aromatic carbocycles. The minimum absolute atomic E-state index is 0.536. The van der Waals surface area contributed by atoms with E-state index in [1.54, 1.807) is 0 Å². The molecule has 0 unspecified atom stereocenters. The largest absolute Gasteiger partial charge is 0.490 e. The van der Waals surface area contributed by atoms with Gasteiger partial charge in [0.15, 0.2) is 11.5 Å². The second-order valence-corrected chi connectivity index (χ2v) is 3.59. The highest BCUT2D eigenvalue weighted by molar-refractivity contribution is 5.43. The molecule has 0 saturated heterocycles. The van der Waals surface area contributed by atoms with Crippen LogP contribution in [0.25, 0.3) is 0 Å². The Morgan fingerprint density at radius 1 is 1.06 bits per heavy atom. The van der Waals surface area contributed by atoms with Gasteiger partial charge in [-0.2, -0.15) is 4.98 Å². The second-order valence-electron chi connectivity index (χ2n) is 3.59. The molecule has 0 aliphatic rings. The molecule has 2 aromatic rings. The van der Waals surface area contributed by atoms with Crippen LogP contribution >= 0.6 is 0 Å². The summed E-state index contributed by atoms with van der Waals surface area (Å²) in [5.41, 5.74) is 0. The van der Waals surface area contributed by atoms with Gasteiger partial charge in [0, 0.05) is 13.1 Å². The third-order valence-electron chi connectivity index (χ3n) is 2.34. The van der Waals surface area contributed by atoms with Gasteiger partial charge in [-0.3, -0.25) is 0 Å². The third kappa shape index (κ3) is 2.91. The Labute approximate surface area is 107 Å². The first-order valence-corrected chi connectivity index (χ1v) is 5.88. The van der Waals surface area contributed by atoms with E-state index in [1.807, 2.05) is 56.4 Å². The highest BCUT2D eigenvalue weighted by Crippen LogP contribution is 2.30. The number of ether oxygens (including phenoxy) is 2. The fourth-order valence-corrected chi connectivity index (χ4v) is 1.53. The second kappa shape index (κ2) is 5.91. The SMILES string of the molecule is CCOc1ccccc1Oc1cccc(NC)n1. The van der Waals surface area contributed by atoms with E-state index in [1.165, 1.54) is 0 Å². The molecule has 1 N–H and O–H groups in total. The number of para-hydroxylation sites is 2. The molecule has 0 saturated carbocycles. The summed E-state index contributed by atoms with van der Waals surface area (Å²) in [4.78, 5) is 4.30. The number of hydrogen-bond acceptors (Lipinski definition) is 4. The lowest BCUT2D eigenvalue weighted by Gasteiger charge is -2.11. The van der Waals surface area contributed by atoms with Crippen molar-refractivity contribution in [3.63, 3.8) is 0 Å². The van der Waals surface area contributed by atoms with E-state index in [2.05, 4.69) is 10.3 Å². The average Bonchev–Trinajstić information content (AvgIpc) is 2.41. The molecule has 0 aliphatic carbocycles. The maximum Gasteiger partial charge on any atom is 0.221 e. The van der Waals surface area contributed by atoms with Gasteiger partial charge in [-0.25, -0.2) is 0 Å². The maximum absolute atomic E-state index is 5.73. The van der Waals surface area contributed by atoms with E-state index in [9.17, 15) is 0 Å². The summed E-state index contributed by atoms with van der Waals surface area (Å²) in [5.74, 6) is 2.69. The summed E-state index contributed by atoms with van der Waals surface area (Å²) in [7, 11) is 1.82. The van der Waals surface area contributed by atoms with Gasteiger partial charge >= 0.3 is 0 Å². The monoisotopic (exact) mass is 244 g/mol. The van der Waals surface area contributed by atoms with Gasteiger partial charge in [0.25, 0.3) is 0 Å². The van der Waals surface area contributed by atoms with Crippen LogP contribution in [0.5, 0.6) is 17.4 Å². The van der Waals surface area contributed by atoms with Crippen molar-refractivity contribution >= 4 is 5.82 Å². The molecule has 4 heteroatoms. The van der Waals surface area contributed by atoms with Crippen molar-refractivity contribution in [3.8, 4) is 17.4 Å². The summed E-state index contributed by atoms with van der Waals surface area (Å²) in [6, 6.07) is 13.1. The number of hydrogen-bond donors (Lipinski definition) is 1. The van der Waals surface area contributed by atoms with E-state index >= 15 is 0 Å². The number of nitrogens with zero attached hydrogens (tertiary/aromatic N) is 1. The Bertz CT molecular complexity index is 515. The first kappa shape index (κ1) is 12.2. The van der Waals surface area contributed by atoms with Gasteiger partial charge in [-0.1, -0.05) is 18.2 Å². The summed E-state index contributed by atoms with van der Waals surface area (Å²) in [5, 5.41) is 2.97. The molecule has 0 fully saturated rings. The molecule has 0 aliphatic heterocycles. The molecule has 0 spiro atoms. The number of benzene rings is 1. The molecule has 0 amide bonds. The molecule has 0 atom stereocenters. The first-order valence-electron chi connectivity index (χ1n) is 5.88. The molecule has 0 bridgehead atoms. The zero-order valence-electron chi connectivity index (χ0n) is 10.5. The van der Waals surface area contributed by atoms with Crippen LogP contribution in [0, 0.1) is 0 Å². The van der Waals surface area contributed by atoms with Crippen LogP contribution in [0.15, 0.2) is 42.5 Å². The van der Waals surface area contributed by atoms with Gasteiger partial charge in [0.1, 0.15) is 5.82 Å². The zero-order valence-corrected chi connectivity index (χ0v) is 10.5. The lowest BCUT2D eigenvalue weighted by Crippen LogP contribution is -1.97. The van der Waals surface area contributed by atoms with E-state index in [4.69, 9.17) is 9.47 Å². The molecule has 0 radical (unpaired) electrons. The van der Waals surface area contributed by atoms with Gasteiger partial charge in [-0.05, 0) is 25.1 Å². The maximum atomic E-state index is 5.73. The average molecular weight is 244 g/mol. The fourth-order valence-electron chi connectivity index (χ4n) is 1.53. The topological polar surface area (TPSA) is 43.4 Å². The molecule has 1 aromatic heterocycles. The zero-order chi connectivity index (χ0) is 12.8. The minimum atomic E-state index is 0.536. The lowest BCUT2D eigenvalue weighted by atomic mass is 10.3. The molecular weight excluding hydrogens is 228 g/mol. The van der Waals surface area contributed by atoms with Gasteiger partial charge in [0.2, 0.25) is 5.88 Å². The standard InChI is InChI=1S/C14H16N2O2/c1-3-17-11-7-4-5-8-12(11)18-14-10-6-9-13(15-2)16-14/h4-10H,3H2,1-2H3,(H,15,16). The molecular formula is C14H16N2O2. The van der Waals surface area contributed by atoms with Crippen molar-refractivity contribution in [1.29, 1.82) is 0 Å². The molecule has 4 nitrogen and oxygen atoms in total.